The Morgan fingerprint density at radius 2 is 2.25 bits per heavy atom. The van der Waals surface area contributed by atoms with Gasteiger partial charge in [0.15, 0.2) is 0 Å². The van der Waals surface area contributed by atoms with E-state index in [1.54, 1.807) is 6.07 Å². The molecule has 20 heavy (non-hydrogen) atoms. The van der Waals surface area contributed by atoms with Crippen molar-refractivity contribution >= 4 is 22.5 Å². The van der Waals surface area contributed by atoms with Crippen LogP contribution in [0.15, 0.2) is 30.3 Å². The number of hydrogen-bond donors (Lipinski definition) is 2. The number of pyridine rings is 1. The molecule has 1 aromatic heterocycles. The Balaban J connectivity index is 1.78. The van der Waals surface area contributed by atoms with Gasteiger partial charge in [0.2, 0.25) is 0 Å². The number of anilines is 1. The molecule has 1 aromatic carbocycles. The molecule has 1 aliphatic carbocycles. The van der Waals surface area contributed by atoms with Crippen molar-refractivity contribution < 1.29 is 4.79 Å². The van der Waals surface area contributed by atoms with Gasteiger partial charge in [0.25, 0.3) is 5.91 Å². The van der Waals surface area contributed by atoms with Gasteiger partial charge in [-0.05, 0) is 30.9 Å². The summed E-state index contributed by atoms with van der Waals surface area (Å²) < 4.78 is 0. The maximum Gasteiger partial charge on any atom is 0.270 e. The maximum atomic E-state index is 12.2. The summed E-state index contributed by atoms with van der Waals surface area (Å²) in [7, 11) is 0. The van der Waals surface area contributed by atoms with Gasteiger partial charge in [0, 0.05) is 17.1 Å². The van der Waals surface area contributed by atoms with E-state index < -0.39 is 0 Å². The number of benzene rings is 1. The first kappa shape index (κ1) is 12.9. The number of nitrogens with two attached hydrogens (primary N) is 1. The second kappa shape index (κ2) is 5.12. The van der Waals surface area contributed by atoms with Crippen LogP contribution >= 0.6 is 0 Å². The number of hydrogen-bond acceptors (Lipinski definition) is 3. The van der Waals surface area contributed by atoms with E-state index in [2.05, 4.69) is 17.2 Å². The molecule has 1 amide bonds. The van der Waals surface area contributed by atoms with Crippen LogP contribution in [0.5, 0.6) is 0 Å². The summed E-state index contributed by atoms with van der Waals surface area (Å²) in [6, 6.07) is 9.58. The van der Waals surface area contributed by atoms with Gasteiger partial charge in [-0.3, -0.25) is 4.79 Å². The molecule has 0 bridgehead atoms. The standard InChI is InChI=1S/C16H19N3O/c1-2-5-10-8-14(10)19-16(20)15-9-12(17)11-6-3-4-7-13(11)18-15/h3-4,6-7,9-10,14H,2,5,8H2,1H3,(H2,17,18)(H,19,20). The molecule has 3 N–H and O–H groups in total. The van der Waals surface area contributed by atoms with E-state index in [0.29, 0.717) is 23.3 Å². The number of carbonyl (C=O) groups is 1. The number of rotatable bonds is 4. The number of nitrogen functional groups attached to an aromatic ring is 1. The largest absolute Gasteiger partial charge is 0.398 e. The first-order valence-corrected chi connectivity index (χ1v) is 7.15. The van der Waals surface area contributed by atoms with E-state index >= 15 is 0 Å². The number of amides is 1. The second-order valence-corrected chi connectivity index (χ2v) is 5.48. The number of para-hydroxylation sites is 1. The highest BCUT2D eigenvalue weighted by atomic mass is 16.2. The molecule has 3 rings (SSSR count). The number of nitrogens with zero attached hydrogens (tertiary/aromatic N) is 1. The summed E-state index contributed by atoms with van der Waals surface area (Å²) in [6.07, 6.45) is 3.43. The fourth-order valence-electron chi connectivity index (χ4n) is 2.68. The average Bonchev–Trinajstić information content (AvgIpc) is 3.17. The SMILES string of the molecule is CCCC1CC1NC(=O)c1cc(N)c2ccccc2n1. The van der Waals surface area contributed by atoms with Crippen molar-refractivity contribution in [2.45, 2.75) is 32.2 Å². The van der Waals surface area contributed by atoms with E-state index in [1.165, 1.54) is 6.42 Å². The topological polar surface area (TPSA) is 68.0 Å². The highest BCUT2D eigenvalue weighted by Gasteiger charge is 2.37. The molecule has 104 valence electrons. The Morgan fingerprint density at radius 1 is 1.45 bits per heavy atom. The highest BCUT2D eigenvalue weighted by molar-refractivity contribution is 5.99. The summed E-state index contributed by atoms with van der Waals surface area (Å²) in [5, 5.41) is 3.93. The zero-order valence-electron chi connectivity index (χ0n) is 11.6. The number of fused-ring (bicyclic) bond motifs is 1. The van der Waals surface area contributed by atoms with Crippen molar-refractivity contribution in [3.63, 3.8) is 0 Å². The Bertz CT molecular complexity index is 653. The van der Waals surface area contributed by atoms with Gasteiger partial charge in [0.1, 0.15) is 5.69 Å². The number of carbonyl (C=O) groups excluding carboxylic acids is 1. The van der Waals surface area contributed by atoms with Gasteiger partial charge in [-0.15, -0.1) is 0 Å². The van der Waals surface area contributed by atoms with Crippen molar-refractivity contribution in [2.24, 2.45) is 5.92 Å². The van der Waals surface area contributed by atoms with Gasteiger partial charge < -0.3 is 11.1 Å². The van der Waals surface area contributed by atoms with Crippen molar-refractivity contribution in [1.29, 1.82) is 0 Å². The van der Waals surface area contributed by atoms with Gasteiger partial charge in [-0.25, -0.2) is 4.98 Å². The molecular formula is C16H19N3O. The van der Waals surface area contributed by atoms with E-state index in [-0.39, 0.29) is 5.91 Å². The predicted molar refractivity (Wildman–Crippen MR) is 80.4 cm³/mol. The second-order valence-electron chi connectivity index (χ2n) is 5.48. The van der Waals surface area contributed by atoms with E-state index in [0.717, 1.165) is 23.7 Å². The minimum absolute atomic E-state index is 0.119. The van der Waals surface area contributed by atoms with Crippen molar-refractivity contribution in [3.05, 3.63) is 36.0 Å². The van der Waals surface area contributed by atoms with Crippen LogP contribution in [0.4, 0.5) is 5.69 Å². The Kier molecular flexibility index (Phi) is 3.30. The predicted octanol–water partition coefficient (Wildman–Crippen LogP) is 2.74. The lowest BCUT2D eigenvalue weighted by atomic mass is 10.1. The van der Waals surface area contributed by atoms with Crippen LogP contribution in [-0.2, 0) is 0 Å². The summed E-state index contributed by atoms with van der Waals surface area (Å²) in [5.41, 5.74) is 7.76. The minimum atomic E-state index is -0.119. The normalized spacial score (nSPS) is 20.9. The molecule has 1 aliphatic rings. The van der Waals surface area contributed by atoms with Crippen LogP contribution in [-0.4, -0.2) is 16.9 Å². The summed E-state index contributed by atoms with van der Waals surface area (Å²) >= 11 is 0. The monoisotopic (exact) mass is 269 g/mol. The van der Waals surface area contributed by atoms with Gasteiger partial charge >= 0.3 is 0 Å². The molecule has 0 spiro atoms. The summed E-state index contributed by atoms with van der Waals surface area (Å²) in [4.78, 5) is 16.6. The van der Waals surface area contributed by atoms with Crippen LogP contribution in [0.2, 0.25) is 0 Å². The third-order valence-electron chi connectivity index (χ3n) is 3.88. The zero-order chi connectivity index (χ0) is 14.1. The molecule has 1 saturated carbocycles. The molecule has 0 aliphatic heterocycles. The summed E-state index contributed by atoms with van der Waals surface area (Å²) in [5.74, 6) is 0.521. The molecule has 4 heteroatoms. The van der Waals surface area contributed by atoms with Crippen LogP contribution in [0.1, 0.15) is 36.7 Å². The van der Waals surface area contributed by atoms with Gasteiger partial charge in [-0.2, -0.15) is 0 Å². The first-order chi connectivity index (χ1) is 9.69. The molecule has 1 heterocycles. The number of aromatic nitrogens is 1. The molecular weight excluding hydrogens is 250 g/mol. The molecule has 2 unspecified atom stereocenters. The van der Waals surface area contributed by atoms with Crippen molar-refractivity contribution in [3.8, 4) is 0 Å². The van der Waals surface area contributed by atoms with Crippen molar-refractivity contribution in [2.75, 3.05) is 5.73 Å². The lowest BCUT2D eigenvalue weighted by Crippen LogP contribution is -2.27. The Morgan fingerprint density at radius 3 is 3.05 bits per heavy atom. The Hall–Kier alpha value is -2.10. The third-order valence-corrected chi connectivity index (χ3v) is 3.88. The fourth-order valence-corrected chi connectivity index (χ4v) is 2.68. The van der Waals surface area contributed by atoms with Gasteiger partial charge in [-0.1, -0.05) is 31.5 Å². The molecule has 2 aromatic rings. The lowest BCUT2D eigenvalue weighted by molar-refractivity contribution is 0.0944. The molecule has 1 fully saturated rings. The van der Waals surface area contributed by atoms with E-state index in [4.69, 9.17) is 5.73 Å². The van der Waals surface area contributed by atoms with E-state index in [9.17, 15) is 4.79 Å². The van der Waals surface area contributed by atoms with Crippen LogP contribution < -0.4 is 11.1 Å². The highest BCUT2D eigenvalue weighted by Crippen LogP contribution is 2.34. The zero-order valence-corrected chi connectivity index (χ0v) is 11.6. The third kappa shape index (κ3) is 2.46. The smallest absolute Gasteiger partial charge is 0.270 e. The van der Waals surface area contributed by atoms with Gasteiger partial charge in [0.05, 0.1) is 5.52 Å². The average molecular weight is 269 g/mol. The molecule has 0 radical (unpaired) electrons. The quantitative estimate of drug-likeness (QED) is 0.896. The minimum Gasteiger partial charge on any atom is -0.398 e. The molecule has 2 atom stereocenters. The summed E-state index contributed by atoms with van der Waals surface area (Å²) in [6.45, 7) is 2.17. The fraction of sp³-hybridized carbons (Fsp3) is 0.375. The maximum absolute atomic E-state index is 12.2. The van der Waals surface area contributed by atoms with Crippen molar-refractivity contribution in [1.82, 2.24) is 10.3 Å². The lowest BCUT2D eigenvalue weighted by Gasteiger charge is -2.07. The number of nitrogens with one attached hydrogen (secondary N) is 1. The van der Waals surface area contributed by atoms with Crippen LogP contribution in [0.3, 0.4) is 0 Å². The van der Waals surface area contributed by atoms with E-state index in [1.807, 2.05) is 24.3 Å². The first-order valence-electron chi connectivity index (χ1n) is 7.15. The molecule has 0 saturated heterocycles. The molecule has 4 nitrogen and oxygen atoms in total. The van der Waals surface area contributed by atoms with Crippen LogP contribution in [0.25, 0.3) is 10.9 Å². The van der Waals surface area contributed by atoms with Crippen LogP contribution in [0, 0.1) is 5.92 Å². The Labute approximate surface area is 118 Å².